The molecule has 10 heteroatoms. The maximum absolute atomic E-state index is 13.6. The molecule has 2 aromatic carbocycles. The zero-order valence-corrected chi connectivity index (χ0v) is 20.0. The standard InChI is InChI=1S/C26H25N5O5/c1-28-17-27-24-23(28)25(33)31(26(34)29(24)2)16-22(32)30(12-6-9-18-7-4-3-5-8-18)19-10-11-20-21(15-19)36-14-13-35-20/h3-11,15,17H,12-14,16H2,1-2H3/b9-6+. The fourth-order valence-electron chi connectivity index (χ4n) is 4.17. The molecule has 1 amide bonds. The summed E-state index contributed by atoms with van der Waals surface area (Å²) in [5, 5.41) is 0. The lowest BCUT2D eigenvalue weighted by Gasteiger charge is -2.25. The van der Waals surface area contributed by atoms with Crippen molar-refractivity contribution in [1.29, 1.82) is 0 Å². The minimum absolute atomic E-state index is 0.219. The molecule has 0 N–H and O–H groups in total. The van der Waals surface area contributed by atoms with Crippen LogP contribution in [0.25, 0.3) is 17.2 Å². The van der Waals surface area contributed by atoms with Crippen molar-refractivity contribution >= 4 is 28.8 Å². The highest BCUT2D eigenvalue weighted by atomic mass is 16.6. The number of aryl methyl sites for hydroxylation is 2. The molecule has 1 aliphatic heterocycles. The highest BCUT2D eigenvalue weighted by molar-refractivity contribution is 5.94. The molecular formula is C26H25N5O5. The Kier molecular flexibility index (Phi) is 6.16. The maximum atomic E-state index is 13.6. The van der Waals surface area contributed by atoms with Crippen molar-refractivity contribution in [3.63, 3.8) is 0 Å². The van der Waals surface area contributed by atoms with Gasteiger partial charge in [-0.3, -0.25) is 14.2 Å². The van der Waals surface area contributed by atoms with E-state index < -0.39 is 23.7 Å². The summed E-state index contributed by atoms with van der Waals surface area (Å²) >= 11 is 0. The van der Waals surface area contributed by atoms with Crippen LogP contribution in [0.1, 0.15) is 5.56 Å². The summed E-state index contributed by atoms with van der Waals surface area (Å²) in [5.74, 6) is 0.710. The zero-order chi connectivity index (χ0) is 25.2. The first-order chi connectivity index (χ1) is 17.4. The van der Waals surface area contributed by atoms with E-state index >= 15 is 0 Å². The second-order valence-electron chi connectivity index (χ2n) is 8.41. The van der Waals surface area contributed by atoms with Crippen LogP contribution >= 0.6 is 0 Å². The summed E-state index contributed by atoms with van der Waals surface area (Å²) in [6.45, 7) is 0.655. The van der Waals surface area contributed by atoms with Crippen molar-refractivity contribution in [1.82, 2.24) is 18.7 Å². The zero-order valence-electron chi connectivity index (χ0n) is 20.0. The van der Waals surface area contributed by atoms with Crippen molar-refractivity contribution in [2.45, 2.75) is 6.54 Å². The molecule has 10 nitrogen and oxygen atoms in total. The third-order valence-corrected chi connectivity index (χ3v) is 6.03. The van der Waals surface area contributed by atoms with Gasteiger partial charge in [-0.05, 0) is 17.7 Å². The van der Waals surface area contributed by atoms with E-state index in [9.17, 15) is 14.4 Å². The molecule has 0 saturated heterocycles. The lowest BCUT2D eigenvalue weighted by molar-refractivity contribution is -0.119. The third kappa shape index (κ3) is 4.28. The van der Waals surface area contributed by atoms with Crippen LogP contribution in [0, 0.1) is 0 Å². The Morgan fingerprint density at radius 1 is 1.06 bits per heavy atom. The number of nitrogens with zero attached hydrogens (tertiary/aromatic N) is 5. The molecule has 5 rings (SSSR count). The summed E-state index contributed by atoms with van der Waals surface area (Å²) in [7, 11) is 3.20. The Morgan fingerprint density at radius 2 is 1.81 bits per heavy atom. The van der Waals surface area contributed by atoms with Gasteiger partial charge in [0.15, 0.2) is 22.7 Å². The predicted octanol–water partition coefficient (Wildman–Crippen LogP) is 1.95. The van der Waals surface area contributed by atoms with E-state index in [4.69, 9.17) is 9.47 Å². The van der Waals surface area contributed by atoms with E-state index in [1.807, 2.05) is 42.5 Å². The molecule has 0 spiro atoms. The maximum Gasteiger partial charge on any atom is 0.332 e. The molecule has 3 heterocycles. The Hall–Kier alpha value is -4.60. The van der Waals surface area contributed by atoms with E-state index in [0.29, 0.717) is 30.4 Å². The van der Waals surface area contributed by atoms with E-state index in [1.165, 1.54) is 22.8 Å². The van der Waals surface area contributed by atoms with Crippen LogP contribution in [0.4, 0.5) is 5.69 Å². The topological polar surface area (TPSA) is 101 Å². The van der Waals surface area contributed by atoms with Crippen LogP contribution in [-0.4, -0.2) is 44.4 Å². The number of fused-ring (bicyclic) bond motifs is 2. The third-order valence-electron chi connectivity index (χ3n) is 6.03. The highest BCUT2D eigenvalue weighted by Crippen LogP contribution is 2.34. The number of hydrogen-bond donors (Lipinski definition) is 0. The van der Waals surface area contributed by atoms with Crippen molar-refractivity contribution in [2.24, 2.45) is 14.1 Å². The lowest BCUT2D eigenvalue weighted by Crippen LogP contribution is -2.45. The van der Waals surface area contributed by atoms with Crippen LogP contribution in [0.3, 0.4) is 0 Å². The van der Waals surface area contributed by atoms with E-state index in [1.54, 1.807) is 29.8 Å². The molecule has 184 valence electrons. The number of carbonyl (C=O) groups is 1. The molecule has 0 bridgehead atoms. The van der Waals surface area contributed by atoms with E-state index in [0.717, 1.165) is 10.1 Å². The first kappa shape index (κ1) is 23.2. The molecule has 2 aromatic heterocycles. The number of carbonyl (C=O) groups excluding carboxylic acids is 1. The van der Waals surface area contributed by atoms with Crippen LogP contribution < -0.4 is 25.6 Å². The summed E-state index contributed by atoms with van der Waals surface area (Å²) in [6.07, 6.45) is 5.23. The van der Waals surface area contributed by atoms with Gasteiger partial charge in [0.2, 0.25) is 5.91 Å². The molecular weight excluding hydrogens is 462 g/mol. The number of benzene rings is 2. The number of rotatable bonds is 6. The van der Waals surface area contributed by atoms with Crippen molar-refractivity contribution in [3.05, 3.63) is 87.3 Å². The van der Waals surface area contributed by atoms with Crippen LogP contribution in [0.2, 0.25) is 0 Å². The van der Waals surface area contributed by atoms with Crippen molar-refractivity contribution in [3.8, 4) is 11.5 Å². The summed E-state index contributed by atoms with van der Waals surface area (Å²) in [6, 6.07) is 14.9. The number of hydrogen-bond acceptors (Lipinski definition) is 6. The van der Waals surface area contributed by atoms with Gasteiger partial charge in [0.05, 0.1) is 6.33 Å². The smallest absolute Gasteiger partial charge is 0.332 e. The molecule has 1 aliphatic rings. The SMILES string of the molecule is Cn1cnc2c1c(=O)n(CC(=O)N(C/C=C/c1ccccc1)c1ccc3c(c1)OCCO3)c(=O)n2C. The molecule has 0 unspecified atom stereocenters. The van der Waals surface area contributed by atoms with Gasteiger partial charge in [0, 0.05) is 32.4 Å². The Balaban J connectivity index is 1.51. The van der Waals surface area contributed by atoms with Gasteiger partial charge in [0.25, 0.3) is 5.56 Å². The number of imidazole rings is 1. The molecule has 0 saturated carbocycles. The first-order valence-electron chi connectivity index (χ1n) is 11.5. The second kappa shape index (κ2) is 9.57. The van der Waals surface area contributed by atoms with Gasteiger partial charge in [-0.25, -0.2) is 14.3 Å². The summed E-state index contributed by atoms with van der Waals surface area (Å²) < 4.78 is 15.1. The van der Waals surface area contributed by atoms with Crippen LogP contribution in [-0.2, 0) is 25.4 Å². The van der Waals surface area contributed by atoms with E-state index in [-0.39, 0.29) is 17.7 Å². The molecule has 0 fully saturated rings. The normalized spacial score (nSPS) is 12.8. The average Bonchev–Trinajstić information content (AvgIpc) is 3.29. The largest absolute Gasteiger partial charge is 0.486 e. The minimum atomic E-state index is -0.610. The second-order valence-corrected chi connectivity index (χ2v) is 8.41. The molecule has 36 heavy (non-hydrogen) atoms. The monoisotopic (exact) mass is 487 g/mol. The van der Waals surface area contributed by atoms with Gasteiger partial charge >= 0.3 is 5.69 Å². The molecule has 0 aliphatic carbocycles. The fraction of sp³-hybridized carbons (Fsp3) is 0.231. The van der Waals surface area contributed by atoms with Gasteiger partial charge in [-0.1, -0.05) is 42.5 Å². The minimum Gasteiger partial charge on any atom is -0.486 e. The predicted molar refractivity (Wildman–Crippen MR) is 135 cm³/mol. The summed E-state index contributed by atoms with van der Waals surface area (Å²) in [5.41, 5.74) is 0.891. The van der Waals surface area contributed by atoms with Crippen LogP contribution in [0.5, 0.6) is 11.5 Å². The quantitative estimate of drug-likeness (QED) is 0.412. The number of anilines is 1. The molecule has 0 atom stereocenters. The van der Waals surface area contributed by atoms with Gasteiger partial charge in [-0.15, -0.1) is 0 Å². The summed E-state index contributed by atoms with van der Waals surface area (Å²) in [4.78, 5) is 45.3. The Bertz CT molecular complexity index is 1580. The Labute approximate surface area is 206 Å². The van der Waals surface area contributed by atoms with Gasteiger partial charge < -0.3 is 18.9 Å². The van der Waals surface area contributed by atoms with Gasteiger partial charge in [-0.2, -0.15) is 0 Å². The lowest BCUT2D eigenvalue weighted by atomic mass is 10.2. The number of ether oxygens (including phenoxy) is 2. The number of amides is 1. The van der Waals surface area contributed by atoms with Crippen molar-refractivity contribution < 1.29 is 14.3 Å². The number of aromatic nitrogens is 4. The molecule has 0 radical (unpaired) electrons. The molecule has 4 aromatic rings. The average molecular weight is 488 g/mol. The van der Waals surface area contributed by atoms with Gasteiger partial charge in [0.1, 0.15) is 19.8 Å². The Morgan fingerprint density at radius 3 is 2.58 bits per heavy atom. The van der Waals surface area contributed by atoms with Crippen molar-refractivity contribution in [2.75, 3.05) is 24.7 Å². The van der Waals surface area contributed by atoms with E-state index in [2.05, 4.69) is 4.98 Å². The van der Waals surface area contributed by atoms with Crippen LogP contribution in [0.15, 0.2) is 70.5 Å². The fourth-order valence-corrected chi connectivity index (χ4v) is 4.17. The highest BCUT2D eigenvalue weighted by Gasteiger charge is 2.22. The first-order valence-corrected chi connectivity index (χ1v) is 11.5.